The molecule has 0 aromatic heterocycles. The largest absolute Gasteiger partial charge is 0.388 e. The zero-order valence-corrected chi connectivity index (χ0v) is 8.04. The minimum atomic E-state index is -0.300. The van der Waals surface area contributed by atoms with E-state index in [2.05, 4.69) is 24.4 Å². The average Bonchev–Trinajstić information content (AvgIpc) is 2.06. The van der Waals surface area contributed by atoms with Crippen LogP contribution in [0.4, 0.5) is 5.69 Å². The molecular formula is C11H15NO. The molecule has 1 aromatic carbocycles. The molecule has 1 aliphatic rings. The number of benzene rings is 1. The van der Waals surface area contributed by atoms with Crippen LogP contribution in [0, 0.1) is 6.92 Å². The molecule has 0 fully saturated rings. The first-order chi connectivity index (χ1) is 6.16. The number of fused-ring (bicyclic) bond motifs is 1. The second-order valence-electron chi connectivity index (χ2n) is 3.89. The Morgan fingerprint density at radius 3 is 3.00 bits per heavy atom. The maximum absolute atomic E-state index is 9.82. The van der Waals surface area contributed by atoms with E-state index in [9.17, 15) is 5.11 Å². The van der Waals surface area contributed by atoms with E-state index in [-0.39, 0.29) is 6.10 Å². The lowest BCUT2D eigenvalue weighted by atomic mass is 9.95. The van der Waals surface area contributed by atoms with Crippen molar-refractivity contribution in [3.63, 3.8) is 0 Å². The van der Waals surface area contributed by atoms with Crippen LogP contribution >= 0.6 is 0 Å². The van der Waals surface area contributed by atoms with Gasteiger partial charge < -0.3 is 10.4 Å². The summed E-state index contributed by atoms with van der Waals surface area (Å²) in [7, 11) is 0. The van der Waals surface area contributed by atoms with Crippen LogP contribution in [0.1, 0.15) is 30.6 Å². The number of aliphatic hydroxyl groups excluding tert-OH is 1. The van der Waals surface area contributed by atoms with Gasteiger partial charge in [-0.2, -0.15) is 0 Å². The molecule has 1 heterocycles. The molecule has 1 aromatic rings. The summed E-state index contributed by atoms with van der Waals surface area (Å²) >= 11 is 0. The van der Waals surface area contributed by atoms with Crippen molar-refractivity contribution in [3.8, 4) is 0 Å². The average molecular weight is 177 g/mol. The fourth-order valence-electron chi connectivity index (χ4n) is 1.88. The zero-order valence-electron chi connectivity index (χ0n) is 8.04. The molecule has 2 N–H and O–H groups in total. The molecule has 1 aliphatic heterocycles. The Bertz CT molecular complexity index is 322. The Kier molecular flexibility index (Phi) is 2.00. The number of anilines is 1. The molecule has 0 aliphatic carbocycles. The van der Waals surface area contributed by atoms with E-state index in [1.807, 2.05) is 13.0 Å². The van der Waals surface area contributed by atoms with Crippen LogP contribution in [0.5, 0.6) is 0 Å². The molecule has 0 saturated carbocycles. The second-order valence-corrected chi connectivity index (χ2v) is 3.89. The van der Waals surface area contributed by atoms with E-state index in [1.54, 1.807) is 0 Å². The van der Waals surface area contributed by atoms with Crippen molar-refractivity contribution in [2.75, 3.05) is 5.32 Å². The molecule has 70 valence electrons. The molecule has 0 radical (unpaired) electrons. The Morgan fingerprint density at radius 1 is 1.46 bits per heavy atom. The Morgan fingerprint density at radius 2 is 2.23 bits per heavy atom. The summed E-state index contributed by atoms with van der Waals surface area (Å²) in [5.74, 6) is 0. The predicted octanol–water partition coefficient (Wildman–Crippen LogP) is 2.23. The molecule has 0 amide bonds. The van der Waals surface area contributed by atoms with Crippen molar-refractivity contribution >= 4 is 5.69 Å². The highest BCUT2D eigenvalue weighted by Gasteiger charge is 2.21. The van der Waals surface area contributed by atoms with E-state index in [0.717, 1.165) is 17.7 Å². The van der Waals surface area contributed by atoms with Crippen molar-refractivity contribution in [2.45, 2.75) is 32.4 Å². The van der Waals surface area contributed by atoms with Gasteiger partial charge in [-0.1, -0.05) is 17.7 Å². The van der Waals surface area contributed by atoms with Gasteiger partial charge in [0.25, 0.3) is 0 Å². The van der Waals surface area contributed by atoms with Crippen LogP contribution in [0.15, 0.2) is 18.2 Å². The van der Waals surface area contributed by atoms with E-state index < -0.39 is 0 Å². The molecule has 0 saturated heterocycles. The molecule has 2 nitrogen and oxygen atoms in total. The van der Waals surface area contributed by atoms with Crippen LogP contribution in [0.25, 0.3) is 0 Å². The third kappa shape index (κ3) is 1.54. The maximum Gasteiger partial charge on any atom is 0.0829 e. The van der Waals surface area contributed by atoms with Crippen LogP contribution in [-0.4, -0.2) is 11.1 Å². The van der Waals surface area contributed by atoms with Gasteiger partial charge in [-0.25, -0.2) is 0 Å². The molecule has 2 atom stereocenters. The molecule has 2 heteroatoms. The highest BCUT2D eigenvalue weighted by molar-refractivity contribution is 5.56. The monoisotopic (exact) mass is 177 g/mol. The third-order valence-electron chi connectivity index (χ3n) is 2.54. The summed E-state index contributed by atoms with van der Waals surface area (Å²) in [6.45, 7) is 4.14. The molecule has 2 unspecified atom stereocenters. The molecule has 0 bridgehead atoms. The first-order valence-corrected chi connectivity index (χ1v) is 4.72. The number of nitrogens with one attached hydrogen (secondary N) is 1. The number of aliphatic hydroxyl groups is 1. The Labute approximate surface area is 78.6 Å². The van der Waals surface area contributed by atoms with Crippen molar-refractivity contribution in [2.24, 2.45) is 0 Å². The van der Waals surface area contributed by atoms with E-state index in [1.165, 1.54) is 5.56 Å². The highest BCUT2D eigenvalue weighted by Crippen LogP contribution is 2.32. The lowest BCUT2D eigenvalue weighted by Gasteiger charge is -2.28. The third-order valence-corrected chi connectivity index (χ3v) is 2.54. The van der Waals surface area contributed by atoms with Gasteiger partial charge in [0.2, 0.25) is 0 Å². The number of hydrogen-bond donors (Lipinski definition) is 2. The minimum Gasteiger partial charge on any atom is -0.388 e. The predicted molar refractivity (Wildman–Crippen MR) is 53.8 cm³/mol. The molecule has 13 heavy (non-hydrogen) atoms. The maximum atomic E-state index is 9.82. The second kappa shape index (κ2) is 3.04. The van der Waals surface area contributed by atoms with Gasteiger partial charge in [0.1, 0.15) is 0 Å². The van der Waals surface area contributed by atoms with E-state index in [0.29, 0.717) is 6.04 Å². The van der Waals surface area contributed by atoms with Gasteiger partial charge in [0.05, 0.1) is 6.10 Å². The van der Waals surface area contributed by atoms with Crippen molar-refractivity contribution in [3.05, 3.63) is 29.3 Å². The summed E-state index contributed by atoms with van der Waals surface area (Å²) in [6.07, 6.45) is 0.502. The lowest BCUT2D eigenvalue weighted by Crippen LogP contribution is -2.25. The van der Waals surface area contributed by atoms with Gasteiger partial charge >= 0.3 is 0 Å². The van der Waals surface area contributed by atoms with Crippen LogP contribution < -0.4 is 5.32 Å². The van der Waals surface area contributed by atoms with Gasteiger partial charge in [-0.3, -0.25) is 0 Å². The van der Waals surface area contributed by atoms with Crippen molar-refractivity contribution in [1.82, 2.24) is 0 Å². The molecule has 2 rings (SSSR count). The SMILES string of the molecule is Cc1ccc2c(c1)C(O)CC(C)N2. The molecule has 0 spiro atoms. The summed E-state index contributed by atoms with van der Waals surface area (Å²) in [5, 5.41) is 13.2. The van der Waals surface area contributed by atoms with Gasteiger partial charge in [-0.15, -0.1) is 0 Å². The topological polar surface area (TPSA) is 32.3 Å². The standard InChI is InChI=1S/C11H15NO/c1-7-3-4-10-9(5-7)11(13)6-8(2)12-10/h3-5,8,11-13H,6H2,1-2H3. The lowest BCUT2D eigenvalue weighted by molar-refractivity contribution is 0.158. The number of hydrogen-bond acceptors (Lipinski definition) is 2. The van der Waals surface area contributed by atoms with Gasteiger partial charge in [0.15, 0.2) is 0 Å². The highest BCUT2D eigenvalue weighted by atomic mass is 16.3. The fraction of sp³-hybridized carbons (Fsp3) is 0.455. The zero-order chi connectivity index (χ0) is 9.42. The summed E-state index contributed by atoms with van der Waals surface area (Å²) in [6, 6.07) is 6.53. The number of rotatable bonds is 0. The fourth-order valence-corrected chi connectivity index (χ4v) is 1.88. The van der Waals surface area contributed by atoms with Crippen LogP contribution in [-0.2, 0) is 0 Å². The van der Waals surface area contributed by atoms with E-state index >= 15 is 0 Å². The smallest absolute Gasteiger partial charge is 0.0829 e. The quantitative estimate of drug-likeness (QED) is 0.637. The minimum absolute atomic E-state index is 0.300. The Hall–Kier alpha value is -1.02. The first kappa shape index (κ1) is 8.57. The van der Waals surface area contributed by atoms with Gasteiger partial charge in [-0.05, 0) is 26.3 Å². The molecular weight excluding hydrogens is 162 g/mol. The van der Waals surface area contributed by atoms with Crippen LogP contribution in [0.3, 0.4) is 0 Å². The Balaban J connectivity index is 2.43. The van der Waals surface area contributed by atoms with Crippen molar-refractivity contribution < 1.29 is 5.11 Å². The normalized spacial score (nSPS) is 26.4. The van der Waals surface area contributed by atoms with E-state index in [4.69, 9.17) is 0 Å². The van der Waals surface area contributed by atoms with Gasteiger partial charge in [0, 0.05) is 17.3 Å². The summed E-state index contributed by atoms with van der Waals surface area (Å²) in [5.41, 5.74) is 3.32. The summed E-state index contributed by atoms with van der Waals surface area (Å²) < 4.78 is 0. The summed E-state index contributed by atoms with van der Waals surface area (Å²) in [4.78, 5) is 0. The van der Waals surface area contributed by atoms with Crippen LogP contribution in [0.2, 0.25) is 0 Å². The number of aryl methyl sites for hydroxylation is 1. The van der Waals surface area contributed by atoms with Crippen molar-refractivity contribution in [1.29, 1.82) is 0 Å². The first-order valence-electron chi connectivity index (χ1n) is 4.72.